The number of nitrogens with zero attached hydrogens (tertiary/aromatic N) is 2. The molecule has 0 aliphatic carbocycles. The average Bonchev–Trinajstić information content (AvgIpc) is 3.23. The smallest absolute Gasteiger partial charge is 0.191 e. The first-order chi connectivity index (χ1) is 13.2. The van der Waals surface area contributed by atoms with Crippen molar-refractivity contribution in [1.29, 1.82) is 0 Å². The van der Waals surface area contributed by atoms with Crippen LogP contribution in [0.15, 0.2) is 40.0 Å². The number of thiophene rings is 1. The van der Waals surface area contributed by atoms with E-state index in [9.17, 15) is 4.39 Å². The zero-order valence-corrected chi connectivity index (χ0v) is 19.4. The molecule has 8 heteroatoms. The van der Waals surface area contributed by atoms with Crippen molar-refractivity contribution in [2.45, 2.75) is 19.4 Å². The molecule has 1 aliphatic rings. The summed E-state index contributed by atoms with van der Waals surface area (Å²) in [5.74, 6) is 0.931. The van der Waals surface area contributed by atoms with Gasteiger partial charge < -0.3 is 20.3 Å². The Bertz CT molecular complexity index is 751. The Morgan fingerprint density at radius 2 is 2.07 bits per heavy atom. The number of hydrogen-bond acceptors (Lipinski definition) is 4. The van der Waals surface area contributed by atoms with Gasteiger partial charge in [-0.3, -0.25) is 4.99 Å². The molecule has 1 atom stereocenters. The van der Waals surface area contributed by atoms with Crippen LogP contribution in [0.4, 0.5) is 10.1 Å². The zero-order valence-electron chi connectivity index (χ0n) is 16.3. The average molecular weight is 518 g/mol. The predicted octanol–water partition coefficient (Wildman–Crippen LogP) is 3.81. The van der Waals surface area contributed by atoms with Crippen molar-refractivity contribution in [2.24, 2.45) is 4.99 Å². The molecule has 0 spiro atoms. The number of ether oxygens (including phenoxy) is 1. The molecule has 1 aromatic carbocycles. The summed E-state index contributed by atoms with van der Waals surface area (Å²) >= 11 is 1.71. The van der Waals surface area contributed by atoms with E-state index in [2.05, 4.69) is 39.4 Å². The lowest BCUT2D eigenvalue weighted by Gasteiger charge is -2.29. The van der Waals surface area contributed by atoms with Crippen molar-refractivity contribution in [3.63, 3.8) is 0 Å². The maximum atomic E-state index is 14.5. The van der Waals surface area contributed by atoms with Crippen LogP contribution in [0.1, 0.15) is 24.0 Å². The molecule has 0 radical (unpaired) electrons. The third kappa shape index (κ3) is 6.31. The first kappa shape index (κ1) is 22.9. The second-order valence-electron chi connectivity index (χ2n) is 6.65. The van der Waals surface area contributed by atoms with Crippen LogP contribution in [0.3, 0.4) is 0 Å². The van der Waals surface area contributed by atoms with Gasteiger partial charge in [-0.1, -0.05) is 13.0 Å². The fourth-order valence-corrected chi connectivity index (χ4v) is 3.83. The van der Waals surface area contributed by atoms with Crippen LogP contribution in [-0.2, 0) is 11.3 Å². The molecule has 1 saturated heterocycles. The molecule has 2 N–H and O–H groups in total. The Balaban J connectivity index is 0.00000280. The van der Waals surface area contributed by atoms with Crippen molar-refractivity contribution in [3.05, 3.63) is 52.0 Å². The van der Waals surface area contributed by atoms with Crippen LogP contribution < -0.4 is 15.5 Å². The maximum Gasteiger partial charge on any atom is 0.191 e. The molecule has 28 heavy (non-hydrogen) atoms. The van der Waals surface area contributed by atoms with Crippen molar-refractivity contribution in [1.82, 2.24) is 10.6 Å². The minimum absolute atomic E-state index is 0. The summed E-state index contributed by atoms with van der Waals surface area (Å²) in [5.41, 5.74) is 2.86. The number of guanidine groups is 1. The number of hydrogen-bond donors (Lipinski definition) is 2. The molecule has 0 amide bonds. The van der Waals surface area contributed by atoms with Gasteiger partial charge in [0.05, 0.1) is 18.9 Å². The van der Waals surface area contributed by atoms with Crippen LogP contribution in [0.5, 0.6) is 0 Å². The van der Waals surface area contributed by atoms with E-state index in [4.69, 9.17) is 4.74 Å². The zero-order chi connectivity index (χ0) is 19.1. The normalized spacial score (nSPS) is 15.7. The van der Waals surface area contributed by atoms with Crippen molar-refractivity contribution in [2.75, 3.05) is 44.8 Å². The molecule has 1 unspecified atom stereocenters. The second-order valence-corrected chi connectivity index (χ2v) is 7.43. The lowest BCUT2D eigenvalue weighted by molar-refractivity contribution is 0.122. The molecule has 1 aromatic heterocycles. The SMILES string of the molecule is CN=C(NCc1ccc(N2CCOCC2)c(F)c1)NCC(C)c1ccsc1.I. The van der Waals surface area contributed by atoms with E-state index in [1.165, 1.54) is 5.56 Å². The topological polar surface area (TPSA) is 48.9 Å². The highest BCUT2D eigenvalue weighted by Crippen LogP contribution is 2.21. The fraction of sp³-hybridized carbons (Fsp3) is 0.450. The summed E-state index contributed by atoms with van der Waals surface area (Å²) in [6, 6.07) is 7.56. The second kappa shape index (κ2) is 11.6. The van der Waals surface area contributed by atoms with E-state index >= 15 is 0 Å². The number of morpholine rings is 1. The van der Waals surface area contributed by atoms with E-state index in [0.29, 0.717) is 31.4 Å². The highest BCUT2D eigenvalue weighted by atomic mass is 127. The number of benzene rings is 1. The minimum Gasteiger partial charge on any atom is -0.378 e. The number of aliphatic imine (C=N–C) groups is 1. The number of nitrogens with one attached hydrogen (secondary N) is 2. The Morgan fingerprint density at radius 1 is 1.29 bits per heavy atom. The predicted molar refractivity (Wildman–Crippen MR) is 126 cm³/mol. The van der Waals surface area contributed by atoms with Crippen molar-refractivity contribution in [3.8, 4) is 0 Å². The lowest BCUT2D eigenvalue weighted by atomic mass is 10.1. The molecule has 5 nitrogen and oxygen atoms in total. The highest BCUT2D eigenvalue weighted by Gasteiger charge is 2.15. The molecular formula is C20H28FIN4OS. The van der Waals surface area contributed by atoms with Crippen LogP contribution in [0, 0.1) is 5.82 Å². The fourth-order valence-electron chi connectivity index (χ4n) is 3.05. The van der Waals surface area contributed by atoms with E-state index in [0.717, 1.165) is 31.2 Å². The van der Waals surface area contributed by atoms with Crippen LogP contribution in [0.2, 0.25) is 0 Å². The van der Waals surface area contributed by atoms with Crippen molar-refractivity contribution < 1.29 is 9.13 Å². The van der Waals surface area contributed by atoms with Gasteiger partial charge in [-0.15, -0.1) is 24.0 Å². The van der Waals surface area contributed by atoms with E-state index < -0.39 is 0 Å². The summed E-state index contributed by atoms with van der Waals surface area (Å²) in [7, 11) is 1.74. The summed E-state index contributed by atoms with van der Waals surface area (Å²) in [6.45, 7) is 6.25. The van der Waals surface area contributed by atoms with E-state index in [1.54, 1.807) is 24.5 Å². The Hall–Kier alpha value is -1.39. The Labute approximate surface area is 187 Å². The Morgan fingerprint density at radius 3 is 2.71 bits per heavy atom. The van der Waals surface area contributed by atoms with Crippen LogP contribution >= 0.6 is 35.3 Å². The summed E-state index contributed by atoms with van der Waals surface area (Å²) in [5, 5.41) is 10.8. The number of rotatable bonds is 6. The van der Waals surface area contributed by atoms with Gasteiger partial charge in [-0.2, -0.15) is 11.3 Å². The van der Waals surface area contributed by atoms with Gasteiger partial charge in [-0.25, -0.2) is 4.39 Å². The first-order valence-electron chi connectivity index (χ1n) is 9.25. The van der Waals surface area contributed by atoms with Gasteiger partial charge in [0.25, 0.3) is 0 Å². The van der Waals surface area contributed by atoms with E-state index in [-0.39, 0.29) is 29.8 Å². The highest BCUT2D eigenvalue weighted by molar-refractivity contribution is 14.0. The molecule has 1 fully saturated rings. The number of anilines is 1. The summed E-state index contributed by atoms with van der Waals surface area (Å²) in [4.78, 5) is 6.28. The standard InChI is InChI=1S/C20H27FN4OS.HI/c1-15(17-5-10-27-14-17)12-23-20(22-2)24-13-16-3-4-19(18(21)11-16)25-6-8-26-9-7-25;/h3-5,10-11,14-15H,6-9,12-13H2,1-2H3,(H2,22,23,24);1H. The monoisotopic (exact) mass is 518 g/mol. The van der Waals surface area contributed by atoms with Gasteiger partial charge in [0.2, 0.25) is 0 Å². The first-order valence-corrected chi connectivity index (χ1v) is 10.2. The summed E-state index contributed by atoms with van der Waals surface area (Å²) in [6.07, 6.45) is 0. The lowest BCUT2D eigenvalue weighted by Crippen LogP contribution is -2.38. The number of halogens is 2. The van der Waals surface area contributed by atoms with Crippen LogP contribution in [-0.4, -0.2) is 45.9 Å². The largest absolute Gasteiger partial charge is 0.378 e. The van der Waals surface area contributed by atoms with Gasteiger partial charge in [-0.05, 0) is 46.0 Å². The molecule has 2 heterocycles. The molecule has 154 valence electrons. The molecule has 0 saturated carbocycles. The third-order valence-electron chi connectivity index (χ3n) is 4.74. The minimum atomic E-state index is -0.190. The van der Waals surface area contributed by atoms with Gasteiger partial charge in [0, 0.05) is 33.2 Å². The van der Waals surface area contributed by atoms with Gasteiger partial charge in [0.15, 0.2) is 5.96 Å². The van der Waals surface area contributed by atoms with Gasteiger partial charge >= 0.3 is 0 Å². The molecule has 1 aliphatic heterocycles. The third-order valence-corrected chi connectivity index (χ3v) is 5.44. The summed E-state index contributed by atoms with van der Waals surface area (Å²) < 4.78 is 19.8. The van der Waals surface area contributed by atoms with Gasteiger partial charge in [0.1, 0.15) is 5.82 Å². The maximum absolute atomic E-state index is 14.5. The molecular weight excluding hydrogens is 490 g/mol. The quantitative estimate of drug-likeness (QED) is 0.347. The van der Waals surface area contributed by atoms with Crippen molar-refractivity contribution >= 4 is 47.0 Å². The van der Waals surface area contributed by atoms with E-state index in [1.807, 2.05) is 17.0 Å². The molecule has 3 rings (SSSR count). The molecule has 0 bridgehead atoms. The molecule has 2 aromatic rings. The van der Waals surface area contributed by atoms with Crippen LogP contribution in [0.25, 0.3) is 0 Å². The Kier molecular flexibility index (Phi) is 9.46.